The summed E-state index contributed by atoms with van der Waals surface area (Å²) in [5.74, 6) is 0. The Kier molecular flexibility index (Phi) is 4.17. The molecule has 0 bridgehead atoms. The molecule has 0 aliphatic rings. The van der Waals surface area contributed by atoms with Crippen LogP contribution < -0.4 is 0 Å². The van der Waals surface area contributed by atoms with E-state index in [1.807, 2.05) is 0 Å². The maximum atomic E-state index is 12.1. The quantitative estimate of drug-likeness (QED) is 0.397. The highest BCUT2D eigenvalue weighted by Gasteiger charge is 1.91. The SMILES string of the molecule is C=CCN(F)CC=C. The van der Waals surface area contributed by atoms with Crippen molar-refractivity contribution < 1.29 is 4.48 Å². The molecule has 0 saturated carbocycles. The zero-order valence-corrected chi connectivity index (χ0v) is 4.81. The van der Waals surface area contributed by atoms with Gasteiger partial charge >= 0.3 is 0 Å². The molecule has 0 spiro atoms. The summed E-state index contributed by atoms with van der Waals surface area (Å²) in [5, 5.41) is 0.625. The predicted octanol–water partition coefficient (Wildman–Crippen LogP) is 1.54. The van der Waals surface area contributed by atoms with Crippen molar-refractivity contribution in [2.75, 3.05) is 13.1 Å². The van der Waals surface area contributed by atoms with Crippen molar-refractivity contribution in [3.63, 3.8) is 0 Å². The van der Waals surface area contributed by atoms with Gasteiger partial charge in [-0.3, -0.25) is 0 Å². The molecule has 0 amide bonds. The Bertz CT molecular complexity index is 70.6. The lowest BCUT2D eigenvalue weighted by Crippen LogP contribution is -2.12. The second-order valence-corrected chi connectivity index (χ2v) is 1.41. The third-order valence-electron chi connectivity index (χ3n) is 0.654. The van der Waals surface area contributed by atoms with Crippen LogP contribution in [-0.2, 0) is 0 Å². The van der Waals surface area contributed by atoms with E-state index in [0.717, 1.165) is 0 Å². The van der Waals surface area contributed by atoms with Gasteiger partial charge < -0.3 is 0 Å². The fourth-order valence-corrected chi connectivity index (χ4v) is 0.355. The third kappa shape index (κ3) is 3.56. The Balaban J connectivity index is 3.16. The van der Waals surface area contributed by atoms with E-state index in [2.05, 4.69) is 13.2 Å². The van der Waals surface area contributed by atoms with Crippen molar-refractivity contribution in [3.05, 3.63) is 25.3 Å². The highest BCUT2D eigenvalue weighted by molar-refractivity contribution is 4.74. The van der Waals surface area contributed by atoms with Crippen molar-refractivity contribution in [3.8, 4) is 0 Å². The van der Waals surface area contributed by atoms with Gasteiger partial charge in [0.2, 0.25) is 0 Å². The van der Waals surface area contributed by atoms with Gasteiger partial charge in [0.1, 0.15) is 0 Å². The molecule has 0 fully saturated rings. The molecule has 0 aromatic carbocycles. The molecule has 2 heteroatoms. The van der Waals surface area contributed by atoms with E-state index >= 15 is 0 Å². The molecule has 1 nitrogen and oxygen atoms in total. The second-order valence-electron chi connectivity index (χ2n) is 1.41. The summed E-state index contributed by atoms with van der Waals surface area (Å²) in [5.41, 5.74) is 0. The summed E-state index contributed by atoms with van der Waals surface area (Å²) in [6, 6.07) is 0. The molecule has 0 radical (unpaired) electrons. The van der Waals surface area contributed by atoms with Gasteiger partial charge in [-0.2, -0.15) is 0 Å². The number of halogens is 1. The lowest BCUT2D eigenvalue weighted by atomic mass is 10.5. The molecular formula is C6H10FN. The molecular weight excluding hydrogens is 105 g/mol. The molecule has 0 aliphatic heterocycles. The Morgan fingerprint density at radius 3 is 1.88 bits per heavy atom. The number of nitrogens with zero attached hydrogens (tertiary/aromatic N) is 1. The molecule has 0 saturated heterocycles. The van der Waals surface area contributed by atoms with Crippen LogP contribution in [0.5, 0.6) is 0 Å². The van der Waals surface area contributed by atoms with Gasteiger partial charge in [0.15, 0.2) is 0 Å². The van der Waals surface area contributed by atoms with Crippen LogP contribution >= 0.6 is 0 Å². The first kappa shape index (κ1) is 7.37. The summed E-state index contributed by atoms with van der Waals surface area (Å²) < 4.78 is 12.1. The van der Waals surface area contributed by atoms with E-state index in [0.29, 0.717) is 5.12 Å². The average Bonchev–Trinajstić information content (AvgIpc) is 1.68. The minimum absolute atomic E-state index is 0.270. The molecule has 8 heavy (non-hydrogen) atoms. The number of hydrogen-bond donors (Lipinski definition) is 0. The average molecular weight is 115 g/mol. The molecule has 0 rings (SSSR count). The Labute approximate surface area is 49.0 Å². The third-order valence-corrected chi connectivity index (χ3v) is 0.654. The van der Waals surface area contributed by atoms with Crippen molar-refractivity contribution in [2.24, 2.45) is 0 Å². The standard InChI is InChI=1S/C6H10FN/c1-3-5-8(7)6-4-2/h3-4H,1-2,5-6H2. The van der Waals surface area contributed by atoms with Crippen LogP contribution in [0.25, 0.3) is 0 Å². The van der Waals surface area contributed by atoms with E-state index in [9.17, 15) is 4.48 Å². The Hall–Kier alpha value is -0.630. The van der Waals surface area contributed by atoms with Crippen molar-refractivity contribution in [1.82, 2.24) is 5.12 Å². The highest BCUT2D eigenvalue weighted by atomic mass is 19.2. The van der Waals surface area contributed by atoms with Crippen LogP contribution in [0, 0.1) is 0 Å². The summed E-state index contributed by atoms with van der Waals surface area (Å²) in [7, 11) is 0. The highest BCUT2D eigenvalue weighted by Crippen LogP contribution is 1.86. The van der Waals surface area contributed by atoms with Gasteiger partial charge in [0, 0.05) is 13.1 Å². The van der Waals surface area contributed by atoms with Gasteiger partial charge in [-0.25, -0.2) is 0 Å². The summed E-state index contributed by atoms with van der Waals surface area (Å²) >= 11 is 0. The minimum atomic E-state index is 0.270. The summed E-state index contributed by atoms with van der Waals surface area (Å²) in [6.07, 6.45) is 3.01. The lowest BCUT2D eigenvalue weighted by molar-refractivity contribution is 0.0557. The topological polar surface area (TPSA) is 3.24 Å². The molecule has 0 heterocycles. The predicted molar refractivity (Wildman–Crippen MR) is 33.1 cm³/mol. The van der Waals surface area contributed by atoms with Crippen LogP contribution in [0.15, 0.2) is 25.3 Å². The first-order valence-electron chi connectivity index (χ1n) is 2.43. The van der Waals surface area contributed by atoms with Crippen LogP contribution in [-0.4, -0.2) is 18.2 Å². The van der Waals surface area contributed by atoms with Crippen LogP contribution in [0.4, 0.5) is 4.48 Å². The fourth-order valence-electron chi connectivity index (χ4n) is 0.355. The van der Waals surface area contributed by atoms with Crippen LogP contribution in [0.3, 0.4) is 0 Å². The van der Waals surface area contributed by atoms with Gasteiger partial charge in [-0.1, -0.05) is 12.2 Å². The molecule has 0 aromatic rings. The summed E-state index contributed by atoms with van der Waals surface area (Å²) in [6.45, 7) is 7.27. The van der Waals surface area contributed by atoms with Crippen LogP contribution in [0.2, 0.25) is 0 Å². The molecule has 0 unspecified atom stereocenters. The molecule has 0 aromatic heterocycles. The van der Waals surface area contributed by atoms with Gasteiger partial charge in [0.05, 0.1) is 0 Å². The normalized spacial score (nSPS) is 9.25. The van der Waals surface area contributed by atoms with Crippen molar-refractivity contribution in [2.45, 2.75) is 0 Å². The maximum absolute atomic E-state index is 12.1. The van der Waals surface area contributed by atoms with E-state index in [-0.39, 0.29) is 13.1 Å². The first-order chi connectivity index (χ1) is 3.81. The molecule has 0 N–H and O–H groups in total. The smallest absolute Gasteiger partial charge is 0.0472 e. The number of hydrogen-bond acceptors (Lipinski definition) is 1. The second kappa shape index (κ2) is 4.53. The first-order valence-corrected chi connectivity index (χ1v) is 2.43. The van der Waals surface area contributed by atoms with Gasteiger partial charge in [-0.05, 0) is 0 Å². The molecule has 46 valence electrons. The molecule has 0 atom stereocenters. The van der Waals surface area contributed by atoms with E-state index in [4.69, 9.17) is 0 Å². The van der Waals surface area contributed by atoms with Crippen molar-refractivity contribution in [1.29, 1.82) is 0 Å². The lowest BCUT2D eigenvalue weighted by Gasteiger charge is -2.02. The zero-order valence-electron chi connectivity index (χ0n) is 4.81. The van der Waals surface area contributed by atoms with E-state index in [1.165, 1.54) is 12.2 Å². The summed E-state index contributed by atoms with van der Waals surface area (Å²) in [4.78, 5) is 0. The minimum Gasteiger partial charge on any atom is -0.139 e. The number of rotatable bonds is 4. The molecule has 0 aliphatic carbocycles. The van der Waals surface area contributed by atoms with E-state index in [1.54, 1.807) is 0 Å². The zero-order chi connectivity index (χ0) is 6.41. The van der Waals surface area contributed by atoms with Crippen molar-refractivity contribution >= 4 is 0 Å². The van der Waals surface area contributed by atoms with Gasteiger partial charge in [-0.15, -0.1) is 22.8 Å². The largest absolute Gasteiger partial charge is 0.139 e. The van der Waals surface area contributed by atoms with E-state index < -0.39 is 0 Å². The monoisotopic (exact) mass is 115 g/mol. The maximum Gasteiger partial charge on any atom is 0.0472 e. The Morgan fingerprint density at radius 2 is 1.62 bits per heavy atom. The van der Waals surface area contributed by atoms with Crippen LogP contribution in [0.1, 0.15) is 0 Å². The fraction of sp³-hybridized carbons (Fsp3) is 0.333. The Morgan fingerprint density at radius 1 is 1.25 bits per heavy atom. The van der Waals surface area contributed by atoms with Gasteiger partial charge in [0.25, 0.3) is 0 Å².